The van der Waals surface area contributed by atoms with E-state index in [0.29, 0.717) is 5.95 Å². The van der Waals surface area contributed by atoms with E-state index in [1.807, 2.05) is 49.1 Å². The van der Waals surface area contributed by atoms with Crippen LogP contribution in [0.2, 0.25) is 0 Å². The van der Waals surface area contributed by atoms with Crippen LogP contribution in [0.5, 0.6) is 11.5 Å². The molecule has 170 valence electrons. The topological polar surface area (TPSA) is 64.4 Å². The number of nitrogens with zero attached hydrogens (tertiary/aromatic N) is 4. The van der Waals surface area contributed by atoms with E-state index < -0.39 is 0 Å². The molecule has 0 radical (unpaired) electrons. The lowest BCUT2D eigenvalue weighted by Gasteiger charge is -2.39. The maximum atomic E-state index is 6.68. The highest BCUT2D eigenvalue weighted by Crippen LogP contribution is 2.50. The molecule has 0 saturated carbocycles. The highest BCUT2D eigenvalue weighted by atomic mass is 16.5. The van der Waals surface area contributed by atoms with Gasteiger partial charge >= 0.3 is 0 Å². The molecule has 1 aromatic heterocycles. The first-order valence-electron chi connectivity index (χ1n) is 11.2. The number of aromatic nitrogens is 3. The van der Waals surface area contributed by atoms with E-state index in [2.05, 4.69) is 62.8 Å². The standard InChI is InChI=1S/C27H25N5O2/c1-31(2)19-12-8-18(9-13-19)26-23-24(21-6-4-5-7-22(21)34-26)30-27-28-16-29-32(27)25(23)17-10-14-20(33-3)15-11-17/h4-16,25-26H,1-3H3,(H,28,29,30)/t25-,26-/m0/s1. The van der Waals surface area contributed by atoms with Gasteiger partial charge in [-0.1, -0.05) is 36.4 Å². The number of rotatable bonds is 4. The van der Waals surface area contributed by atoms with Gasteiger partial charge in [0.25, 0.3) is 0 Å². The second-order valence-electron chi connectivity index (χ2n) is 8.64. The number of para-hydroxylation sites is 1. The lowest BCUT2D eigenvalue weighted by molar-refractivity contribution is 0.223. The van der Waals surface area contributed by atoms with Crippen molar-refractivity contribution in [1.29, 1.82) is 0 Å². The molecule has 0 spiro atoms. The van der Waals surface area contributed by atoms with Crippen molar-refractivity contribution in [3.05, 3.63) is 101 Å². The van der Waals surface area contributed by atoms with Gasteiger partial charge in [0.2, 0.25) is 5.95 Å². The molecule has 0 saturated heterocycles. The zero-order chi connectivity index (χ0) is 23.2. The van der Waals surface area contributed by atoms with Gasteiger partial charge in [0.05, 0.1) is 12.8 Å². The third-order valence-electron chi connectivity index (χ3n) is 6.47. The van der Waals surface area contributed by atoms with Crippen LogP contribution in [0.4, 0.5) is 11.6 Å². The second-order valence-corrected chi connectivity index (χ2v) is 8.64. The van der Waals surface area contributed by atoms with Crippen molar-refractivity contribution >= 4 is 17.3 Å². The second kappa shape index (κ2) is 7.95. The van der Waals surface area contributed by atoms with E-state index in [4.69, 9.17) is 9.47 Å². The molecule has 4 aromatic rings. The Morgan fingerprint density at radius 2 is 1.68 bits per heavy atom. The number of hydrogen-bond acceptors (Lipinski definition) is 6. The van der Waals surface area contributed by atoms with Crippen molar-refractivity contribution in [2.45, 2.75) is 12.1 Å². The fourth-order valence-corrected chi connectivity index (χ4v) is 4.75. The molecule has 0 unspecified atom stereocenters. The summed E-state index contributed by atoms with van der Waals surface area (Å²) in [6.45, 7) is 0. The van der Waals surface area contributed by atoms with Crippen molar-refractivity contribution in [2.75, 3.05) is 31.4 Å². The van der Waals surface area contributed by atoms with Gasteiger partial charge in [0.1, 0.15) is 30.0 Å². The molecule has 34 heavy (non-hydrogen) atoms. The van der Waals surface area contributed by atoms with Crippen LogP contribution in [-0.2, 0) is 0 Å². The number of benzene rings is 3. The molecule has 2 aliphatic rings. The predicted octanol–water partition coefficient (Wildman–Crippen LogP) is 4.91. The Hall–Kier alpha value is -4.26. The lowest BCUT2D eigenvalue weighted by atomic mass is 9.84. The number of ether oxygens (including phenoxy) is 2. The Morgan fingerprint density at radius 1 is 0.941 bits per heavy atom. The smallest absolute Gasteiger partial charge is 0.226 e. The molecule has 2 atom stereocenters. The molecular weight excluding hydrogens is 426 g/mol. The quantitative estimate of drug-likeness (QED) is 0.476. The summed E-state index contributed by atoms with van der Waals surface area (Å²) in [5, 5.41) is 8.13. The van der Waals surface area contributed by atoms with E-state index in [9.17, 15) is 0 Å². The van der Waals surface area contributed by atoms with Crippen LogP contribution in [0.25, 0.3) is 5.70 Å². The Bertz CT molecular complexity index is 1370. The lowest BCUT2D eigenvalue weighted by Crippen LogP contribution is -2.32. The molecule has 1 N–H and O–H groups in total. The van der Waals surface area contributed by atoms with Gasteiger partial charge in [-0.15, -0.1) is 0 Å². The predicted molar refractivity (Wildman–Crippen MR) is 132 cm³/mol. The summed E-state index contributed by atoms with van der Waals surface area (Å²) in [6, 6.07) is 24.6. The maximum Gasteiger partial charge on any atom is 0.226 e. The van der Waals surface area contributed by atoms with Gasteiger partial charge in [0.15, 0.2) is 0 Å². The average Bonchev–Trinajstić information content (AvgIpc) is 3.35. The molecule has 2 aliphatic heterocycles. The number of nitrogens with one attached hydrogen (secondary N) is 1. The third kappa shape index (κ3) is 3.20. The minimum Gasteiger partial charge on any atom is -0.497 e. The monoisotopic (exact) mass is 451 g/mol. The number of anilines is 2. The largest absolute Gasteiger partial charge is 0.497 e. The molecule has 0 fully saturated rings. The molecule has 0 amide bonds. The van der Waals surface area contributed by atoms with Crippen molar-refractivity contribution in [3.63, 3.8) is 0 Å². The van der Waals surface area contributed by atoms with Crippen LogP contribution in [0.3, 0.4) is 0 Å². The molecule has 6 rings (SSSR count). The fourth-order valence-electron chi connectivity index (χ4n) is 4.75. The molecule has 3 heterocycles. The Kier molecular flexibility index (Phi) is 4.76. The highest BCUT2D eigenvalue weighted by Gasteiger charge is 2.40. The molecule has 7 heteroatoms. The van der Waals surface area contributed by atoms with Crippen LogP contribution in [-0.4, -0.2) is 36.0 Å². The van der Waals surface area contributed by atoms with Crippen molar-refractivity contribution in [1.82, 2.24) is 14.8 Å². The first-order chi connectivity index (χ1) is 16.6. The molecule has 7 nitrogen and oxygen atoms in total. The van der Waals surface area contributed by atoms with E-state index in [1.54, 1.807) is 13.4 Å². The molecular formula is C27H25N5O2. The van der Waals surface area contributed by atoms with Gasteiger partial charge in [-0.05, 0) is 47.5 Å². The van der Waals surface area contributed by atoms with Crippen molar-refractivity contribution in [3.8, 4) is 11.5 Å². The van der Waals surface area contributed by atoms with E-state index >= 15 is 0 Å². The summed E-state index contributed by atoms with van der Waals surface area (Å²) >= 11 is 0. The van der Waals surface area contributed by atoms with Crippen LogP contribution in [0.1, 0.15) is 28.8 Å². The normalized spacial score (nSPS) is 18.2. The van der Waals surface area contributed by atoms with E-state index in [1.165, 1.54) is 0 Å². The summed E-state index contributed by atoms with van der Waals surface area (Å²) in [5.74, 6) is 2.36. The zero-order valence-electron chi connectivity index (χ0n) is 19.3. The summed E-state index contributed by atoms with van der Waals surface area (Å²) < 4.78 is 14.0. The van der Waals surface area contributed by atoms with Crippen LogP contribution in [0, 0.1) is 0 Å². The summed E-state index contributed by atoms with van der Waals surface area (Å²) in [7, 11) is 5.76. The maximum absolute atomic E-state index is 6.68. The Morgan fingerprint density at radius 3 is 2.41 bits per heavy atom. The molecule has 0 aliphatic carbocycles. The minimum atomic E-state index is -0.293. The van der Waals surface area contributed by atoms with Gasteiger partial charge < -0.3 is 19.7 Å². The summed E-state index contributed by atoms with van der Waals surface area (Å²) in [6.07, 6.45) is 1.29. The number of methoxy groups -OCH3 is 1. The molecule has 3 aromatic carbocycles. The highest BCUT2D eigenvalue weighted by molar-refractivity contribution is 5.85. The Balaban J connectivity index is 1.56. The van der Waals surface area contributed by atoms with Crippen LogP contribution >= 0.6 is 0 Å². The van der Waals surface area contributed by atoms with Gasteiger partial charge in [-0.2, -0.15) is 10.1 Å². The van der Waals surface area contributed by atoms with Gasteiger partial charge in [-0.3, -0.25) is 0 Å². The van der Waals surface area contributed by atoms with Gasteiger partial charge in [0, 0.05) is 30.9 Å². The fraction of sp³-hybridized carbons (Fsp3) is 0.185. The van der Waals surface area contributed by atoms with Crippen molar-refractivity contribution < 1.29 is 9.47 Å². The first kappa shape index (κ1) is 20.4. The summed E-state index contributed by atoms with van der Waals surface area (Å²) in [4.78, 5) is 6.59. The minimum absolute atomic E-state index is 0.188. The third-order valence-corrected chi connectivity index (χ3v) is 6.47. The first-order valence-corrected chi connectivity index (χ1v) is 11.2. The van der Waals surface area contributed by atoms with Crippen molar-refractivity contribution in [2.24, 2.45) is 0 Å². The Labute approximate surface area is 198 Å². The van der Waals surface area contributed by atoms with E-state index in [0.717, 1.165) is 45.1 Å². The van der Waals surface area contributed by atoms with E-state index in [-0.39, 0.29) is 12.1 Å². The van der Waals surface area contributed by atoms with Gasteiger partial charge in [-0.25, -0.2) is 4.68 Å². The SMILES string of the molecule is COc1ccc([C@H]2C3=C(Nc4ncnn42)c2ccccc2O[C@H]3c2ccc(N(C)C)cc2)cc1. The van der Waals surface area contributed by atoms with Crippen LogP contribution < -0.4 is 19.7 Å². The van der Waals surface area contributed by atoms with Crippen LogP contribution in [0.15, 0.2) is 84.7 Å². The zero-order valence-corrected chi connectivity index (χ0v) is 19.3. The molecule has 0 bridgehead atoms. The number of hydrogen-bond donors (Lipinski definition) is 1. The number of fused-ring (bicyclic) bond motifs is 3. The summed E-state index contributed by atoms with van der Waals surface area (Å²) in [5.41, 5.74) is 6.44. The average molecular weight is 452 g/mol.